The van der Waals surface area contributed by atoms with Crippen LogP contribution < -0.4 is 0 Å². The lowest BCUT2D eigenvalue weighted by molar-refractivity contribution is 0.0169. The molecule has 1 aliphatic rings. The van der Waals surface area contributed by atoms with Gasteiger partial charge in [-0.2, -0.15) is 5.10 Å². The second-order valence-electron chi connectivity index (χ2n) is 4.40. The second-order valence-corrected chi connectivity index (χ2v) is 4.96. The molecule has 0 aromatic carbocycles. The molecule has 2 rings (SSSR count). The van der Waals surface area contributed by atoms with Gasteiger partial charge in [0.05, 0.1) is 5.69 Å². The highest BCUT2D eigenvalue weighted by molar-refractivity contribution is 9.09. The van der Waals surface area contributed by atoms with E-state index in [4.69, 9.17) is 4.74 Å². The Hall–Kier alpha value is -0.350. The number of nitrogens with zero attached hydrogens (tertiary/aromatic N) is 2. The first-order valence-corrected chi connectivity index (χ1v) is 6.50. The summed E-state index contributed by atoms with van der Waals surface area (Å²) in [7, 11) is 0. The monoisotopic (exact) mass is 272 g/mol. The molecule has 0 atom stereocenters. The predicted molar refractivity (Wildman–Crippen MR) is 63.2 cm³/mol. The summed E-state index contributed by atoms with van der Waals surface area (Å²) < 4.78 is 7.48. The average molecular weight is 273 g/mol. The highest BCUT2D eigenvalue weighted by Crippen LogP contribution is 2.34. The van der Waals surface area contributed by atoms with Crippen LogP contribution in [0.2, 0.25) is 0 Å². The Balaban J connectivity index is 2.06. The third-order valence-electron chi connectivity index (χ3n) is 3.11. The van der Waals surface area contributed by atoms with Crippen molar-refractivity contribution < 1.29 is 4.74 Å². The van der Waals surface area contributed by atoms with Crippen LogP contribution in [0.5, 0.6) is 0 Å². The SMILES string of the molecule is Cc1ccn(CC2(CBr)CCOCC2)n1. The molecule has 1 aromatic heterocycles. The minimum Gasteiger partial charge on any atom is -0.381 e. The van der Waals surface area contributed by atoms with E-state index in [9.17, 15) is 0 Å². The number of aromatic nitrogens is 2. The summed E-state index contributed by atoms with van der Waals surface area (Å²) in [6.45, 7) is 4.79. The van der Waals surface area contributed by atoms with Crippen molar-refractivity contribution in [3.63, 3.8) is 0 Å². The number of rotatable bonds is 3. The van der Waals surface area contributed by atoms with Gasteiger partial charge in [0.2, 0.25) is 0 Å². The largest absolute Gasteiger partial charge is 0.381 e. The third kappa shape index (κ3) is 2.61. The lowest BCUT2D eigenvalue weighted by Crippen LogP contribution is -2.35. The molecule has 1 fully saturated rings. The maximum Gasteiger partial charge on any atom is 0.0593 e. The van der Waals surface area contributed by atoms with Crippen molar-refractivity contribution in [2.45, 2.75) is 26.3 Å². The molecule has 3 nitrogen and oxygen atoms in total. The summed E-state index contributed by atoms with van der Waals surface area (Å²) in [6.07, 6.45) is 4.31. The molecule has 2 heterocycles. The van der Waals surface area contributed by atoms with Crippen molar-refractivity contribution in [1.82, 2.24) is 9.78 Å². The Morgan fingerprint density at radius 1 is 1.53 bits per heavy atom. The summed E-state index contributed by atoms with van der Waals surface area (Å²) in [5.74, 6) is 0. The number of aryl methyl sites for hydroxylation is 1. The van der Waals surface area contributed by atoms with E-state index in [0.29, 0.717) is 5.41 Å². The first kappa shape index (κ1) is 11.1. The molecule has 0 radical (unpaired) electrons. The molecule has 1 aromatic rings. The van der Waals surface area contributed by atoms with E-state index in [1.54, 1.807) is 0 Å². The lowest BCUT2D eigenvalue weighted by Gasteiger charge is -2.35. The zero-order valence-electron chi connectivity index (χ0n) is 9.08. The van der Waals surface area contributed by atoms with Crippen molar-refractivity contribution in [1.29, 1.82) is 0 Å². The number of hydrogen-bond acceptors (Lipinski definition) is 2. The topological polar surface area (TPSA) is 27.1 Å². The molecule has 15 heavy (non-hydrogen) atoms. The molecule has 0 saturated carbocycles. The molecule has 84 valence electrons. The summed E-state index contributed by atoms with van der Waals surface area (Å²) in [5, 5.41) is 5.48. The van der Waals surface area contributed by atoms with E-state index in [-0.39, 0.29) is 0 Å². The minimum absolute atomic E-state index is 0.330. The van der Waals surface area contributed by atoms with Crippen LogP contribution >= 0.6 is 15.9 Å². The van der Waals surface area contributed by atoms with Gasteiger partial charge in [0.15, 0.2) is 0 Å². The number of ether oxygens (including phenoxy) is 1. The molecular formula is C11H17BrN2O. The van der Waals surface area contributed by atoms with Gasteiger partial charge < -0.3 is 4.74 Å². The maximum atomic E-state index is 5.42. The quantitative estimate of drug-likeness (QED) is 0.791. The van der Waals surface area contributed by atoms with E-state index in [0.717, 1.165) is 43.6 Å². The van der Waals surface area contributed by atoms with Gasteiger partial charge in [-0.3, -0.25) is 4.68 Å². The Morgan fingerprint density at radius 2 is 2.27 bits per heavy atom. The van der Waals surface area contributed by atoms with Crippen LogP contribution in [0.1, 0.15) is 18.5 Å². The van der Waals surface area contributed by atoms with Crippen molar-refractivity contribution >= 4 is 15.9 Å². The maximum absolute atomic E-state index is 5.42. The van der Waals surface area contributed by atoms with Crippen LogP contribution in [0, 0.1) is 12.3 Å². The molecule has 1 saturated heterocycles. The summed E-state index contributed by atoms with van der Waals surface area (Å²) in [6, 6.07) is 2.06. The van der Waals surface area contributed by atoms with Crippen LogP contribution in [-0.4, -0.2) is 28.3 Å². The molecule has 0 unspecified atom stereocenters. The van der Waals surface area contributed by atoms with Gasteiger partial charge in [-0.1, -0.05) is 15.9 Å². The zero-order chi connectivity index (χ0) is 10.7. The van der Waals surface area contributed by atoms with Crippen LogP contribution in [0.15, 0.2) is 12.3 Å². The summed E-state index contributed by atoms with van der Waals surface area (Å²) in [4.78, 5) is 0. The van der Waals surface area contributed by atoms with Crippen molar-refractivity contribution in [2.24, 2.45) is 5.41 Å². The molecule has 0 bridgehead atoms. The molecule has 0 spiro atoms. The van der Waals surface area contributed by atoms with E-state index >= 15 is 0 Å². The van der Waals surface area contributed by atoms with Gasteiger partial charge in [-0.25, -0.2) is 0 Å². The predicted octanol–water partition coefficient (Wildman–Crippen LogP) is 2.38. The normalized spacial score (nSPS) is 20.4. The Kier molecular flexibility index (Phi) is 3.46. The molecule has 4 heteroatoms. The molecule has 1 aliphatic heterocycles. The van der Waals surface area contributed by atoms with Gasteiger partial charge >= 0.3 is 0 Å². The van der Waals surface area contributed by atoms with E-state index < -0.39 is 0 Å². The smallest absolute Gasteiger partial charge is 0.0593 e. The molecule has 0 amide bonds. The number of hydrogen-bond donors (Lipinski definition) is 0. The lowest BCUT2D eigenvalue weighted by atomic mass is 9.82. The summed E-state index contributed by atoms with van der Waals surface area (Å²) >= 11 is 3.64. The van der Waals surface area contributed by atoms with Crippen molar-refractivity contribution in [3.05, 3.63) is 18.0 Å². The van der Waals surface area contributed by atoms with Gasteiger partial charge in [0.1, 0.15) is 0 Å². The van der Waals surface area contributed by atoms with Crippen LogP contribution in [0.3, 0.4) is 0 Å². The minimum atomic E-state index is 0.330. The first-order valence-electron chi connectivity index (χ1n) is 5.38. The average Bonchev–Trinajstić information content (AvgIpc) is 2.65. The fraction of sp³-hybridized carbons (Fsp3) is 0.727. The fourth-order valence-electron chi connectivity index (χ4n) is 2.03. The molecular weight excluding hydrogens is 256 g/mol. The van der Waals surface area contributed by atoms with Crippen LogP contribution in [0.25, 0.3) is 0 Å². The van der Waals surface area contributed by atoms with E-state index in [1.807, 2.05) is 6.92 Å². The second kappa shape index (κ2) is 4.66. The standard InChI is InChI=1S/C11H17BrN2O/c1-10-2-5-14(13-10)9-11(8-12)3-6-15-7-4-11/h2,5H,3-4,6-9H2,1H3. The number of alkyl halides is 1. The van der Waals surface area contributed by atoms with Gasteiger partial charge in [0, 0.05) is 36.7 Å². The zero-order valence-corrected chi connectivity index (χ0v) is 10.7. The van der Waals surface area contributed by atoms with Gasteiger partial charge in [-0.05, 0) is 25.8 Å². The first-order chi connectivity index (χ1) is 7.24. The van der Waals surface area contributed by atoms with Gasteiger partial charge in [-0.15, -0.1) is 0 Å². The van der Waals surface area contributed by atoms with E-state index in [2.05, 4.69) is 38.0 Å². The Labute approximate surface area is 98.9 Å². The van der Waals surface area contributed by atoms with Crippen molar-refractivity contribution in [2.75, 3.05) is 18.5 Å². The molecule has 0 N–H and O–H groups in total. The van der Waals surface area contributed by atoms with Crippen LogP contribution in [0.4, 0.5) is 0 Å². The molecule has 0 aliphatic carbocycles. The van der Waals surface area contributed by atoms with E-state index in [1.165, 1.54) is 0 Å². The summed E-state index contributed by atoms with van der Waals surface area (Å²) in [5.41, 5.74) is 1.42. The highest BCUT2D eigenvalue weighted by atomic mass is 79.9. The van der Waals surface area contributed by atoms with Gasteiger partial charge in [0.25, 0.3) is 0 Å². The Morgan fingerprint density at radius 3 is 2.80 bits per heavy atom. The van der Waals surface area contributed by atoms with Crippen molar-refractivity contribution in [3.8, 4) is 0 Å². The highest BCUT2D eigenvalue weighted by Gasteiger charge is 2.32. The Bertz CT molecular complexity index is 318. The number of halogens is 1. The van der Waals surface area contributed by atoms with Crippen LogP contribution in [-0.2, 0) is 11.3 Å². The third-order valence-corrected chi connectivity index (χ3v) is 4.30. The fourth-order valence-corrected chi connectivity index (χ4v) is 2.77.